The normalized spacial score (nSPS) is 11.2. The van der Waals surface area contributed by atoms with Gasteiger partial charge in [-0.3, -0.25) is 23.7 Å². The van der Waals surface area contributed by atoms with Gasteiger partial charge in [0.05, 0.1) is 49.4 Å². The van der Waals surface area contributed by atoms with Crippen LogP contribution in [0.3, 0.4) is 0 Å². The average molecular weight is 2060 g/mol. The molecule has 490 valence electrons. The van der Waals surface area contributed by atoms with E-state index in [9.17, 15) is 0 Å². The number of fused-ring (bicyclic) bond motifs is 6. The summed E-state index contributed by atoms with van der Waals surface area (Å²) in [7, 11) is -3.12. The summed E-state index contributed by atoms with van der Waals surface area (Å²) in [5.41, 5.74) is 12.8. The molecule has 0 unspecified atom stereocenters. The van der Waals surface area contributed by atoms with Crippen LogP contribution < -0.4 is 42.4 Å². The van der Waals surface area contributed by atoms with Crippen molar-refractivity contribution in [3.05, 3.63) is 386 Å². The van der Waals surface area contributed by atoms with Crippen molar-refractivity contribution in [2.75, 3.05) is 18.2 Å². The van der Waals surface area contributed by atoms with E-state index in [0.29, 0.717) is 0 Å². The Morgan fingerprint density at radius 1 is 0.278 bits per heavy atom. The molecule has 0 fully saturated rings. The Balaban J connectivity index is 0.000000184. The molecule has 0 bridgehead atoms. The van der Waals surface area contributed by atoms with Crippen LogP contribution in [0.5, 0.6) is 0 Å². The third-order valence-electron chi connectivity index (χ3n) is 17.6. The molecule has 0 N–H and O–H groups in total. The predicted octanol–water partition coefficient (Wildman–Crippen LogP) is 17.2. The van der Waals surface area contributed by atoms with Crippen LogP contribution in [0.2, 0.25) is 0 Å². The third-order valence-corrected chi connectivity index (χ3v) is 30.4. The minimum Gasteiger partial charge on any atom is -0.366 e. The molecule has 0 saturated heterocycles. The maximum absolute atomic E-state index is 7.28. The summed E-state index contributed by atoms with van der Waals surface area (Å²) in [5, 5.41) is 12.1. The van der Waals surface area contributed by atoms with Gasteiger partial charge >= 0.3 is 89.5 Å². The van der Waals surface area contributed by atoms with E-state index in [4.69, 9.17) is 25.7 Å². The van der Waals surface area contributed by atoms with Gasteiger partial charge < -0.3 is 25.7 Å². The zero-order valence-electron chi connectivity index (χ0n) is 54.0. The topological polar surface area (TPSA) is 0 Å². The fourth-order valence-corrected chi connectivity index (χ4v) is 25.9. The first kappa shape index (κ1) is 77.9. The van der Waals surface area contributed by atoms with E-state index in [1.165, 1.54) is 95.8 Å². The molecule has 8 heteroatoms. The van der Waals surface area contributed by atoms with Gasteiger partial charge in [-0.25, -0.2) is 0 Å². The second-order valence-electron chi connectivity index (χ2n) is 23.8. The molecule has 12 aromatic rings. The standard InChI is InChI=1S/C28H28P2.C25H22P2.C19H12.C17H8.4Au/c1-5-15-25(16-6-1)29(26-17-7-2-8-18-26)23-13-14-24-30(27-19-9-3-10-20-27)28-21-11-4-12-22-28;1-5-13-22(14-6-1)26(23-15-7-2-8-16-23)21-27(24-17-9-3-10-18-24)25-19-11-4-12-20-25;1-5-13-7-9-17-15(11-13)16-12-14(6-2)8-10-18(16)19(17,3)4;1-3-12-5-7-14-11-15-8-6-13(4-2)10-17(15)16(14)9-12;;;;/h1-12,15-22H,13-14,23-24H2;1-20H,21H2;7-12H,3-4H3;5-10H,11H2;;;;/q;;2*-2;4*+1/p+4. The molecule has 97 heavy (non-hydrogen) atoms. The molecule has 0 radical (unpaired) electrons. The monoisotopic (exact) mass is 2050 g/mol. The Bertz CT molecular complexity index is 4130. The molecule has 2 aliphatic carbocycles. The van der Waals surface area contributed by atoms with Gasteiger partial charge in [-0.05, 0) is 161 Å². The number of hydrogen-bond acceptors (Lipinski definition) is 0. The molecule has 12 aromatic carbocycles. The van der Waals surface area contributed by atoms with Crippen LogP contribution in [0.15, 0.2) is 315 Å². The van der Waals surface area contributed by atoms with Crippen molar-refractivity contribution in [3.8, 4) is 45.9 Å². The van der Waals surface area contributed by atoms with E-state index >= 15 is 0 Å². The Hall–Kier alpha value is -6.44. The van der Waals surface area contributed by atoms with Gasteiger partial charge in [-0.1, -0.05) is 184 Å². The van der Waals surface area contributed by atoms with Crippen molar-refractivity contribution in [2.45, 2.75) is 38.5 Å². The largest absolute Gasteiger partial charge is 1.00 e. The predicted molar refractivity (Wildman–Crippen MR) is 409 cm³/mol. The minimum atomic E-state index is -0.847. The second-order valence-corrected chi connectivity index (χ2v) is 34.7. The van der Waals surface area contributed by atoms with E-state index < -0.39 is 31.7 Å². The van der Waals surface area contributed by atoms with Crippen LogP contribution in [-0.2, 0) is 101 Å². The molecule has 0 aromatic heterocycles. The summed E-state index contributed by atoms with van der Waals surface area (Å²) in [6, 6.07) is 113. The molecule has 0 nitrogen and oxygen atoms in total. The maximum Gasteiger partial charge on any atom is 1.00 e. The van der Waals surface area contributed by atoms with Crippen molar-refractivity contribution in [1.82, 2.24) is 0 Å². The minimum absolute atomic E-state index is 0. The Kier molecular flexibility index (Phi) is 31.6. The summed E-state index contributed by atoms with van der Waals surface area (Å²) >= 11 is 0. The number of rotatable bonds is 15. The maximum atomic E-state index is 7.28. The van der Waals surface area contributed by atoms with Crippen LogP contribution in [-0.4, -0.2) is 18.2 Å². The summed E-state index contributed by atoms with van der Waals surface area (Å²) in [6.45, 7) is 4.42. The van der Waals surface area contributed by atoms with Gasteiger partial charge in [-0.15, -0.1) is 70.8 Å². The summed E-state index contributed by atoms with van der Waals surface area (Å²) in [5.74, 6) is 11.0. The Morgan fingerprint density at radius 3 is 0.732 bits per heavy atom. The van der Waals surface area contributed by atoms with Gasteiger partial charge in [0.1, 0.15) is 37.1 Å². The van der Waals surface area contributed by atoms with Crippen LogP contribution in [0.4, 0.5) is 0 Å². The zero-order valence-corrected chi connectivity index (χ0v) is 66.6. The summed E-state index contributed by atoms with van der Waals surface area (Å²) < 4.78 is 0. The van der Waals surface area contributed by atoms with Gasteiger partial charge in [0.15, 0.2) is 5.90 Å². The van der Waals surface area contributed by atoms with Crippen molar-refractivity contribution in [1.29, 1.82) is 0 Å². The molecule has 0 spiro atoms. The van der Waals surface area contributed by atoms with Crippen molar-refractivity contribution >= 4 is 74.1 Å². The fourth-order valence-electron chi connectivity index (χ4n) is 12.8. The SMILES string of the molecule is [Au+].[Au+].[Au+].[Au+].[C-]#Cc1ccc2c(c1)-c1cc(C#[C-])ccc1C2.[C-]#Cc1ccc2c(c1)-c1cc(C#[C-])ccc1C2(C)C.c1ccc([PH+](CCCC[PH+](c2ccccc2)c2ccccc2)c2ccccc2)cc1.c1ccc([PH+](C[PH+](c2ccccc2)c2ccccc2)c2ccccc2)cc1. The number of hydrogen-bond donors (Lipinski definition) is 0. The van der Waals surface area contributed by atoms with E-state index in [1.807, 2.05) is 48.5 Å². The van der Waals surface area contributed by atoms with Crippen molar-refractivity contribution < 1.29 is 89.5 Å². The first-order chi connectivity index (χ1) is 45.7. The zero-order chi connectivity index (χ0) is 64.2. The van der Waals surface area contributed by atoms with Crippen LogP contribution in [0.1, 0.15) is 71.2 Å². The molecule has 0 saturated carbocycles. The Labute approximate surface area is 645 Å². The van der Waals surface area contributed by atoms with E-state index in [-0.39, 0.29) is 94.9 Å². The first-order valence-electron chi connectivity index (χ1n) is 31.9. The van der Waals surface area contributed by atoms with E-state index in [0.717, 1.165) is 50.9 Å². The van der Waals surface area contributed by atoms with Gasteiger partial charge in [0.25, 0.3) is 0 Å². The summed E-state index contributed by atoms with van der Waals surface area (Å²) in [4.78, 5) is 0. The van der Waals surface area contributed by atoms with Crippen molar-refractivity contribution in [3.63, 3.8) is 0 Å². The molecular weight excluding hydrogens is 1980 g/mol. The molecule has 0 aliphatic heterocycles. The molecular formula is C89H74Au4P4+4. The van der Waals surface area contributed by atoms with E-state index in [1.54, 1.807) is 0 Å². The first-order valence-corrected chi connectivity index (χ1v) is 38.7. The molecule has 0 atom stereocenters. The van der Waals surface area contributed by atoms with Gasteiger partial charge in [0.2, 0.25) is 0 Å². The molecule has 2 aliphatic rings. The van der Waals surface area contributed by atoms with Gasteiger partial charge in [-0.2, -0.15) is 0 Å². The van der Waals surface area contributed by atoms with E-state index in [2.05, 4.69) is 304 Å². The number of benzene rings is 12. The molecule has 0 heterocycles. The van der Waals surface area contributed by atoms with Gasteiger partial charge in [0, 0.05) is 5.41 Å². The number of unbranched alkanes of at least 4 members (excludes halogenated alkanes) is 1. The summed E-state index contributed by atoms with van der Waals surface area (Å²) in [6.07, 6.45) is 35.0. The van der Waals surface area contributed by atoms with Crippen molar-refractivity contribution in [2.24, 2.45) is 0 Å². The smallest absolute Gasteiger partial charge is 0.366 e. The quantitative estimate of drug-likeness (QED) is 0.0315. The van der Waals surface area contributed by atoms with Crippen LogP contribution in [0, 0.1) is 49.4 Å². The Morgan fingerprint density at radius 2 is 0.495 bits per heavy atom. The molecule has 14 rings (SSSR count). The molecule has 0 amide bonds. The van der Waals surface area contributed by atoms with Crippen LogP contribution in [0.25, 0.3) is 22.3 Å². The fraction of sp³-hybridized carbons (Fsp3) is 0.101. The average Bonchev–Trinajstić information content (AvgIpc) is 1.58. The second kappa shape index (κ2) is 39.4. The van der Waals surface area contributed by atoms with Crippen LogP contribution >= 0.6 is 31.7 Å². The third kappa shape index (κ3) is 20.2.